The van der Waals surface area contributed by atoms with Gasteiger partial charge in [0.2, 0.25) is 0 Å². The Hall–Kier alpha value is -3.85. The molecule has 156 valence electrons. The van der Waals surface area contributed by atoms with Crippen LogP contribution in [-0.4, -0.2) is 38.7 Å². The van der Waals surface area contributed by atoms with Gasteiger partial charge in [-0.1, -0.05) is 18.2 Å². The number of hydrogen-bond acceptors (Lipinski definition) is 6. The summed E-state index contributed by atoms with van der Waals surface area (Å²) < 4.78 is 7.37. The summed E-state index contributed by atoms with van der Waals surface area (Å²) in [7, 11) is 0. The maximum atomic E-state index is 12.7. The number of ether oxygens (including phenoxy) is 1. The average molecular weight is 435 g/mol. The summed E-state index contributed by atoms with van der Waals surface area (Å²) in [5, 5.41) is 10.5. The molecule has 0 atom stereocenters. The van der Waals surface area contributed by atoms with Crippen molar-refractivity contribution in [2.45, 2.75) is 0 Å². The summed E-state index contributed by atoms with van der Waals surface area (Å²) >= 11 is 0.877. The molecule has 0 saturated carbocycles. The monoisotopic (exact) mass is 435 g/mol. The molecule has 31 heavy (non-hydrogen) atoms. The number of nitro groups is 1. The van der Waals surface area contributed by atoms with Gasteiger partial charge in [-0.3, -0.25) is 24.6 Å². The van der Waals surface area contributed by atoms with Crippen molar-refractivity contribution in [2.75, 3.05) is 13.2 Å². The molecule has 4 rings (SSSR count). The molecule has 1 saturated heterocycles. The van der Waals surface area contributed by atoms with Crippen molar-refractivity contribution in [3.8, 4) is 11.4 Å². The minimum atomic E-state index is -0.460. The van der Waals surface area contributed by atoms with E-state index in [1.807, 2.05) is 18.2 Å². The van der Waals surface area contributed by atoms with Crippen LogP contribution in [0.1, 0.15) is 5.69 Å². The molecule has 2 aromatic carbocycles. The Morgan fingerprint density at radius 2 is 1.74 bits per heavy atom. The van der Waals surface area contributed by atoms with Crippen LogP contribution in [-0.2, 0) is 4.79 Å². The number of nitro benzene ring substituents is 1. The van der Waals surface area contributed by atoms with Crippen molar-refractivity contribution in [1.82, 2.24) is 9.47 Å². The zero-order valence-electron chi connectivity index (χ0n) is 16.2. The van der Waals surface area contributed by atoms with E-state index in [2.05, 4.69) is 0 Å². The van der Waals surface area contributed by atoms with Gasteiger partial charge in [0, 0.05) is 29.7 Å². The van der Waals surface area contributed by atoms with Gasteiger partial charge in [-0.2, -0.15) is 0 Å². The SMILES string of the molecule is O=C1S/C(=C\c2cccn2-c2ccc([N+](=O)[O-])cc2)C(=O)N1CCOc1ccccc1. The maximum absolute atomic E-state index is 12.7. The molecule has 0 bridgehead atoms. The summed E-state index contributed by atoms with van der Waals surface area (Å²) in [5.41, 5.74) is 1.38. The number of carbonyl (C=O) groups is 2. The Morgan fingerprint density at radius 3 is 2.45 bits per heavy atom. The molecule has 8 nitrogen and oxygen atoms in total. The second kappa shape index (κ2) is 8.88. The highest BCUT2D eigenvalue weighted by atomic mass is 32.2. The fourth-order valence-electron chi connectivity index (χ4n) is 3.08. The van der Waals surface area contributed by atoms with Gasteiger partial charge in [0.15, 0.2) is 0 Å². The van der Waals surface area contributed by atoms with Crippen molar-refractivity contribution >= 4 is 34.7 Å². The van der Waals surface area contributed by atoms with Crippen molar-refractivity contribution in [3.05, 3.63) is 93.6 Å². The molecule has 0 radical (unpaired) electrons. The summed E-state index contributed by atoms with van der Waals surface area (Å²) in [6, 6.07) is 18.9. The first kappa shape index (κ1) is 20.4. The van der Waals surface area contributed by atoms with Crippen LogP contribution in [0.15, 0.2) is 77.8 Å². The summed E-state index contributed by atoms with van der Waals surface area (Å²) in [6.45, 7) is 0.356. The fraction of sp³-hybridized carbons (Fsp3) is 0.0909. The Labute approximate surface area is 181 Å². The minimum Gasteiger partial charge on any atom is -0.492 e. The van der Waals surface area contributed by atoms with E-state index in [1.54, 1.807) is 53.2 Å². The highest BCUT2D eigenvalue weighted by Crippen LogP contribution is 2.32. The Balaban J connectivity index is 1.47. The van der Waals surface area contributed by atoms with Crippen LogP contribution >= 0.6 is 11.8 Å². The highest BCUT2D eigenvalue weighted by molar-refractivity contribution is 8.18. The molecule has 0 N–H and O–H groups in total. The van der Waals surface area contributed by atoms with Gasteiger partial charge >= 0.3 is 0 Å². The third kappa shape index (κ3) is 4.51. The van der Waals surface area contributed by atoms with E-state index < -0.39 is 4.92 Å². The Bertz CT molecular complexity index is 1160. The molecule has 9 heteroatoms. The number of imide groups is 1. The Morgan fingerprint density at radius 1 is 1.00 bits per heavy atom. The van der Waals surface area contributed by atoms with E-state index in [0.29, 0.717) is 22.0 Å². The molecular weight excluding hydrogens is 418 g/mol. The van der Waals surface area contributed by atoms with Crippen molar-refractivity contribution in [2.24, 2.45) is 0 Å². The largest absolute Gasteiger partial charge is 0.492 e. The number of carbonyl (C=O) groups excluding carboxylic acids is 2. The average Bonchev–Trinajstić information content (AvgIpc) is 3.34. The van der Waals surface area contributed by atoms with E-state index in [-0.39, 0.29) is 30.0 Å². The molecule has 0 unspecified atom stereocenters. The van der Waals surface area contributed by atoms with Crippen LogP contribution in [0.3, 0.4) is 0 Å². The van der Waals surface area contributed by atoms with E-state index in [0.717, 1.165) is 11.8 Å². The zero-order valence-corrected chi connectivity index (χ0v) is 17.0. The normalized spacial score (nSPS) is 15.0. The number of para-hydroxylation sites is 1. The van der Waals surface area contributed by atoms with Crippen LogP contribution in [0, 0.1) is 10.1 Å². The van der Waals surface area contributed by atoms with E-state index in [1.165, 1.54) is 17.0 Å². The standard InChI is InChI=1S/C22H17N3O5S/c26-21-20(31-22(27)24(21)13-14-30-19-6-2-1-3-7-19)15-18-5-4-12-23(18)16-8-10-17(11-9-16)25(28)29/h1-12,15H,13-14H2/b20-15-. The molecule has 0 spiro atoms. The first-order valence-corrected chi connectivity index (χ1v) is 10.2. The van der Waals surface area contributed by atoms with Gasteiger partial charge in [0.25, 0.3) is 16.8 Å². The first-order valence-electron chi connectivity index (χ1n) is 9.38. The smallest absolute Gasteiger partial charge is 0.293 e. The molecule has 1 aliphatic rings. The summed E-state index contributed by atoms with van der Waals surface area (Å²) in [6.07, 6.45) is 3.43. The van der Waals surface area contributed by atoms with Gasteiger partial charge in [-0.15, -0.1) is 0 Å². The van der Waals surface area contributed by atoms with Gasteiger partial charge in [-0.05, 0) is 54.2 Å². The van der Waals surface area contributed by atoms with E-state index in [4.69, 9.17) is 4.74 Å². The number of non-ortho nitro benzene ring substituents is 1. The van der Waals surface area contributed by atoms with Crippen LogP contribution < -0.4 is 4.74 Å². The predicted molar refractivity (Wildman–Crippen MR) is 117 cm³/mol. The molecule has 1 fully saturated rings. The van der Waals surface area contributed by atoms with E-state index >= 15 is 0 Å². The molecular formula is C22H17N3O5S. The van der Waals surface area contributed by atoms with Gasteiger partial charge in [-0.25, -0.2) is 0 Å². The second-order valence-electron chi connectivity index (χ2n) is 6.57. The number of nitrogens with zero attached hydrogens (tertiary/aromatic N) is 3. The lowest BCUT2D eigenvalue weighted by Gasteiger charge is -2.13. The van der Waals surface area contributed by atoms with E-state index in [9.17, 15) is 19.7 Å². The molecule has 3 aromatic rings. The number of hydrogen-bond donors (Lipinski definition) is 0. The quantitative estimate of drug-likeness (QED) is 0.308. The molecule has 2 heterocycles. The number of benzene rings is 2. The first-order chi connectivity index (χ1) is 15.0. The zero-order chi connectivity index (χ0) is 21.8. The second-order valence-corrected chi connectivity index (χ2v) is 7.56. The lowest BCUT2D eigenvalue weighted by atomic mass is 10.2. The van der Waals surface area contributed by atoms with Gasteiger partial charge in [0.05, 0.1) is 16.4 Å². The number of rotatable bonds is 7. The van der Waals surface area contributed by atoms with Crippen molar-refractivity contribution < 1.29 is 19.2 Å². The topological polar surface area (TPSA) is 94.7 Å². The van der Waals surface area contributed by atoms with Crippen molar-refractivity contribution in [3.63, 3.8) is 0 Å². The third-order valence-corrected chi connectivity index (χ3v) is 5.51. The summed E-state index contributed by atoms with van der Waals surface area (Å²) in [4.78, 5) is 36.9. The lowest BCUT2D eigenvalue weighted by molar-refractivity contribution is -0.384. The number of thioether (sulfide) groups is 1. The van der Waals surface area contributed by atoms with Crippen LogP contribution in [0.2, 0.25) is 0 Å². The molecule has 0 aliphatic carbocycles. The highest BCUT2D eigenvalue weighted by Gasteiger charge is 2.35. The van der Waals surface area contributed by atoms with Crippen LogP contribution in [0.5, 0.6) is 5.75 Å². The van der Waals surface area contributed by atoms with Gasteiger partial charge in [0.1, 0.15) is 12.4 Å². The fourth-order valence-corrected chi connectivity index (χ4v) is 3.93. The minimum absolute atomic E-state index is 0.00343. The van der Waals surface area contributed by atoms with Crippen molar-refractivity contribution in [1.29, 1.82) is 0 Å². The molecule has 1 aliphatic heterocycles. The lowest BCUT2D eigenvalue weighted by Crippen LogP contribution is -2.32. The van der Waals surface area contributed by atoms with Gasteiger partial charge < -0.3 is 9.30 Å². The molecule has 1 aromatic heterocycles. The predicted octanol–water partition coefficient (Wildman–Crippen LogP) is 4.50. The van der Waals surface area contributed by atoms with Crippen LogP contribution in [0.4, 0.5) is 10.5 Å². The molecule has 2 amide bonds. The number of amides is 2. The van der Waals surface area contributed by atoms with Crippen LogP contribution in [0.25, 0.3) is 11.8 Å². The Kier molecular flexibility index (Phi) is 5.85. The maximum Gasteiger partial charge on any atom is 0.293 e. The third-order valence-electron chi connectivity index (χ3n) is 4.60. The summed E-state index contributed by atoms with van der Waals surface area (Å²) in [5.74, 6) is 0.300. The number of aromatic nitrogens is 1.